The highest BCUT2D eigenvalue weighted by Gasteiger charge is 2.47. The minimum absolute atomic E-state index is 0.0332. The van der Waals surface area contributed by atoms with E-state index in [0.29, 0.717) is 42.0 Å². The van der Waals surface area contributed by atoms with Crippen LogP contribution in [0.15, 0.2) is 18.2 Å². The highest BCUT2D eigenvalue weighted by Crippen LogP contribution is 2.41. The zero-order chi connectivity index (χ0) is 26.8. The number of hydrogen-bond acceptors (Lipinski definition) is 5. The molecule has 9 nitrogen and oxygen atoms in total. The van der Waals surface area contributed by atoms with Crippen LogP contribution in [0, 0.1) is 23.7 Å². The Labute approximate surface area is 221 Å². The Hall–Kier alpha value is -3.01. The van der Waals surface area contributed by atoms with Crippen molar-refractivity contribution in [1.82, 2.24) is 14.9 Å². The van der Waals surface area contributed by atoms with Crippen LogP contribution >= 0.6 is 0 Å². The molecule has 1 aromatic heterocycles. The van der Waals surface area contributed by atoms with Gasteiger partial charge >= 0.3 is 5.97 Å². The molecular formula is C28H38FN5O4. The van der Waals surface area contributed by atoms with Crippen LogP contribution in [0.3, 0.4) is 0 Å². The Balaban J connectivity index is 1.34. The molecule has 3 atom stereocenters. The zero-order valence-corrected chi connectivity index (χ0v) is 21.7. The minimum Gasteiger partial charge on any atom is -0.475 e. The van der Waals surface area contributed by atoms with Gasteiger partial charge in [-0.25, -0.2) is 14.2 Å². The number of aromatic amines is 1. The summed E-state index contributed by atoms with van der Waals surface area (Å²) in [5.41, 5.74) is 7.47. The minimum atomic E-state index is -1.15. The first-order chi connectivity index (χ1) is 18.4. The molecule has 5 N–H and O–H groups in total. The number of H-pyrrole nitrogens is 1. The van der Waals surface area contributed by atoms with Gasteiger partial charge in [0.15, 0.2) is 0 Å². The van der Waals surface area contributed by atoms with Crippen LogP contribution in [0.4, 0.5) is 10.1 Å². The number of carboxylic acids is 1. The Morgan fingerprint density at radius 1 is 1.11 bits per heavy atom. The number of halogens is 1. The lowest BCUT2D eigenvalue weighted by Crippen LogP contribution is -2.50. The van der Waals surface area contributed by atoms with Crippen molar-refractivity contribution >= 4 is 34.5 Å². The highest BCUT2D eigenvalue weighted by atomic mass is 19.1. The van der Waals surface area contributed by atoms with Gasteiger partial charge in [-0.15, -0.1) is 0 Å². The van der Waals surface area contributed by atoms with E-state index in [9.17, 15) is 23.9 Å². The molecule has 206 valence electrons. The third kappa shape index (κ3) is 5.41. The Bertz CT molecular complexity index is 1170. The molecular weight excluding hydrogens is 489 g/mol. The lowest BCUT2D eigenvalue weighted by molar-refractivity contribution is -0.142. The van der Waals surface area contributed by atoms with Crippen molar-refractivity contribution in [2.24, 2.45) is 29.4 Å². The normalized spacial score (nSPS) is 27.4. The van der Waals surface area contributed by atoms with Crippen LogP contribution in [0.1, 0.15) is 74.8 Å². The van der Waals surface area contributed by atoms with Gasteiger partial charge in [-0.3, -0.25) is 9.59 Å². The number of alkyl halides is 1. The fourth-order valence-electron chi connectivity index (χ4n) is 7.01. The summed E-state index contributed by atoms with van der Waals surface area (Å²) in [6.45, 7) is 0.0340. The molecule has 5 rings (SSSR count). The van der Waals surface area contributed by atoms with Crippen molar-refractivity contribution in [3.05, 3.63) is 24.0 Å². The van der Waals surface area contributed by atoms with Crippen LogP contribution in [0.5, 0.6) is 0 Å². The lowest BCUT2D eigenvalue weighted by Gasteiger charge is -2.36. The number of nitrogens with one attached hydrogen (secondary N) is 2. The van der Waals surface area contributed by atoms with Gasteiger partial charge in [0, 0.05) is 24.2 Å². The van der Waals surface area contributed by atoms with E-state index in [4.69, 9.17) is 5.73 Å². The molecule has 3 aliphatic rings. The van der Waals surface area contributed by atoms with Crippen molar-refractivity contribution in [3.63, 3.8) is 0 Å². The number of nitrogens with zero attached hydrogens (tertiary/aromatic N) is 2. The van der Waals surface area contributed by atoms with Gasteiger partial charge in [0.2, 0.25) is 17.6 Å². The van der Waals surface area contributed by atoms with E-state index in [0.717, 1.165) is 44.9 Å². The summed E-state index contributed by atoms with van der Waals surface area (Å²) in [5.74, 6) is -0.986. The predicted molar refractivity (Wildman–Crippen MR) is 141 cm³/mol. The first-order valence-corrected chi connectivity index (χ1v) is 14.0. The Kier molecular flexibility index (Phi) is 7.97. The predicted octanol–water partition coefficient (Wildman–Crippen LogP) is 4.10. The standard InChI is InChI=1S/C28H38FN5O4/c29-15-21(30)17-6-8-18(9-7-17)27(36)34-13-12-20(16-4-2-1-3-5-16)24(34)26(35)31-19-10-11-22-23(14-19)33-25(32-22)28(37)38/h10-11,14,16-18,20-21,24H,1-9,12-13,15,30H2,(H,31,35)(H,32,33)(H,37,38)/t17?,18?,20-,21+,24-/m0/s1. The van der Waals surface area contributed by atoms with E-state index >= 15 is 0 Å². The number of carbonyl (C=O) groups is 3. The fraction of sp³-hybridized carbons (Fsp3) is 0.643. The van der Waals surface area contributed by atoms with Crippen LogP contribution in [-0.4, -0.2) is 63.1 Å². The van der Waals surface area contributed by atoms with E-state index in [-0.39, 0.29) is 35.4 Å². The summed E-state index contributed by atoms with van der Waals surface area (Å²) >= 11 is 0. The average molecular weight is 528 g/mol. The number of likely N-dealkylation sites (tertiary alicyclic amines) is 1. The Morgan fingerprint density at radius 3 is 2.53 bits per heavy atom. The summed E-state index contributed by atoms with van der Waals surface area (Å²) in [4.78, 5) is 47.5. The van der Waals surface area contributed by atoms with Gasteiger partial charge in [-0.1, -0.05) is 32.1 Å². The summed E-state index contributed by atoms with van der Waals surface area (Å²) in [5, 5.41) is 12.2. The maximum absolute atomic E-state index is 13.8. The van der Waals surface area contributed by atoms with Crippen LogP contribution < -0.4 is 11.1 Å². The molecule has 3 fully saturated rings. The number of benzene rings is 1. The van der Waals surface area contributed by atoms with Gasteiger partial charge in [-0.05, 0) is 68.1 Å². The molecule has 1 aliphatic heterocycles. The topological polar surface area (TPSA) is 141 Å². The third-order valence-electron chi connectivity index (χ3n) is 9.11. The molecule has 0 unspecified atom stereocenters. The number of nitrogens with two attached hydrogens (primary N) is 1. The average Bonchev–Trinajstić information content (AvgIpc) is 3.58. The molecule has 0 bridgehead atoms. The van der Waals surface area contributed by atoms with Gasteiger partial charge in [0.05, 0.1) is 11.0 Å². The third-order valence-corrected chi connectivity index (χ3v) is 9.11. The maximum atomic E-state index is 13.8. The quantitative estimate of drug-likeness (QED) is 0.427. The lowest BCUT2D eigenvalue weighted by atomic mass is 9.76. The second-order valence-electron chi connectivity index (χ2n) is 11.4. The summed E-state index contributed by atoms with van der Waals surface area (Å²) in [7, 11) is 0. The second-order valence-corrected chi connectivity index (χ2v) is 11.4. The maximum Gasteiger partial charge on any atom is 0.371 e. The molecule has 2 amide bonds. The molecule has 0 spiro atoms. The summed E-state index contributed by atoms with van der Waals surface area (Å²) in [6.07, 6.45) is 9.35. The van der Waals surface area contributed by atoms with Crippen LogP contribution in [0.2, 0.25) is 0 Å². The fourth-order valence-corrected chi connectivity index (χ4v) is 7.01. The van der Waals surface area contributed by atoms with Crippen LogP contribution in [0.25, 0.3) is 11.0 Å². The number of carboxylic acid groups (broad SMARTS) is 1. The van der Waals surface area contributed by atoms with E-state index in [1.165, 1.54) is 6.42 Å². The molecule has 1 aromatic carbocycles. The number of fused-ring (bicyclic) bond motifs is 1. The molecule has 0 radical (unpaired) electrons. The zero-order valence-electron chi connectivity index (χ0n) is 21.7. The first kappa shape index (κ1) is 26.6. The van der Waals surface area contributed by atoms with Crippen molar-refractivity contribution in [2.75, 3.05) is 18.5 Å². The van der Waals surface area contributed by atoms with Crippen molar-refractivity contribution in [2.45, 2.75) is 76.3 Å². The number of hydrogen-bond donors (Lipinski definition) is 4. The van der Waals surface area contributed by atoms with Gasteiger partial charge in [0.1, 0.15) is 12.7 Å². The molecule has 1 saturated heterocycles. The number of amides is 2. The van der Waals surface area contributed by atoms with E-state index in [1.54, 1.807) is 18.2 Å². The molecule has 38 heavy (non-hydrogen) atoms. The molecule has 2 aliphatic carbocycles. The van der Waals surface area contributed by atoms with E-state index in [2.05, 4.69) is 15.3 Å². The highest BCUT2D eigenvalue weighted by molar-refractivity contribution is 5.99. The summed E-state index contributed by atoms with van der Waals surface area (Å²) < 4.78 is 13.1. The number of rotatable bonds is 7. The smallest absolute Gasteiger partial charge is 0.371 e. The number of anilines is 1. The number of imidazole rings is 1. The second kappa shape index (κ2) is 11.4. The van der Waals surface area contributed by atoms with Crippen molar-refractivity contribution in [1.29, 1.82) is 0 Å². The Morgan fingerprint density at radius 2 is 1.84 bits per heavy atom. The number of aromatic carboxylic acids is 1. The van der Waals surface area contributed by atoms with Crippen LogP contribution in [-0.2, 0) is 9.59 Å². The summed E-state index contributed by atoms with van der Waals surface area (Å²) in [6, 6.07) is 4.05. The van der Waals surface area contributed by atoms with Crippen molar-refractivity contribution < 1.29 is 23.9 Å². The van der Waals surface area contributed by atoms with Crippen molar-refractivity contribution in [3.8, 4) is 0 Å². The van der Waals surface area contributed by atoms with Gasteiger partial charge in [0.25, 0.3) is 0 Å². The monoisotopic (exact) mass is 527 g/mol. The van der Waals surface area contributed by atoms with E-state index < -0.39 is 24.7 Å². The molecule has 2 saturated carbocycles. The number of carbonyl (C=O) groups excluding carboxylic acids is 2. The number of aromatic nitrogens is 2. The molecule has 10 heteroatoms. The first-order valence-electron chi connectivity index (χ1n) is 14.0. The van der Waals surface area contributed by atoms with Gasteiger partial charge < -0.3 is 26.0 Å². The largest absolute Gasteiger partial charge is 0.475 e. The molecule has 2 heterocycles. The van der Waals surface area contributed by atoms with Gasteiger partial charge in [-0.2, -0.15) is 0 Å². The van der Waals surface area contributed by atoms with E-state index in [1.807, 2.05) is 4.90 Å². The SMILES string of the molecule is N[C@H](CF)C1CCC(C(=O)N2CC[C@@H](C3CCCCC3)[C@H]2C(=O)Nc2ccc3nc(C(=O)O)[nH]c3c2)CC1. The molecule has 2 aromatic rings.